The number of aryl methyl sites for hydroxylation is 1. The number of benzene rings is 3. The molecular formula is C22H18N2O. The second-order valence-corrected chi connectivity index (χ2v) is 6.06. The maximum atomic E-state index is 5.17. The Labute approximate surface area is 147 Å². The van der Waals surface area contributed by atoms with Crippen LogP contribution in [-0.4, -0.2) is 19.0 Å². The Morgan fingerprint density at radius 2 is 1.52 bits per heavy atom. The van der Waals surface area contributed by atoms with E-state index in [1.54, 1.807) is 13.3 Å². The van der Waals surface area contributed by atoms with E-state index >= 15 is 0 Å². The Morgan fingerprint density at radius 1 is 0.800 bits per heavy atom. The molecule has 0 radical (unpaired) electrons. The van der Waals surface area contributed by atoms with Crippen LogP contribution in [0.25, 0.3) is 11.1 Å². The lowest BCUT2D eigenvalue weighted by Gasteiger charge is -2.01. The first kappa shape index (κ1) is 15.3. The van der Waals surface area contributed by atoms with Crippen LogP contribution in [0.15, 0.2) is 76.9 Å². The van der Waals surface area contributed by atoms with Gasteiger partial charge in [0.2, 0.25) is 0 Å². The zero-order valence-corrected chi connectivity index (χ0v) is 14.2. The first-order chi connectivity index (χ1) is 12.3. The number of methoxy groups -OCH3 is 1. The van der Waals surface area contributed by atoms with Crippen LogP contribution in [0, 0.1) is 6.92 Å². The van der Waals surface area contributed by atoms with Gasteiger partial charge in [0.1, 0.15) is 11.5 Å². The minimum Gasteiger partial charge on any atom is -0.497 e. The van der Waals surface area contributed by atoms with Crippen LogP contribution in [0.5, 0.6) is 5.75 Å². The summed E-state index contributed by atoms with van der Waals surface area (Å²) in [5, 5.41) is 8.85. The molecule has 0 N–H and O–H groups in total. The lowest BCUT2D eigenvalue weighted by molar-refractivity contribution is 0.415. The van der Waals surface area contributed by atoms with Gasteiger partial charge >= 0.3 is 0 Å². The number of hydrogen-bond acceptors (Lipinski definition) is 3. The predicted molar refractivity (Wildman–Crippen MR) is 103 cm³/mol. The fourth-order valence-electron chi connectivity index (χ4n) is 3.11. The lowest BCUT2D eigenvalue weighted by Crippen LogP contribution is -1.97. The van der Waals surface area contributed by atoms with Crippen molar-refractivity contribution < 1.29 is 4.74 Å². The van der Waals surface area contributed by atoms with Crippen LogP contribution in [0.2, 0.25) is 0 Å². The van der Waals surface area contributed by atoms with E-state index in [4.69, 9.17) is 4.74 Å². The molecule has 3 nitrogen and oxygen atoms in total. The number of rotatable bonds is 3. The van der Waals surface area contributed by atoms with Gasteiger partial charge in [0, 0.05) is 11.1 Å². The van der Waals surface area contributed by atoms with Crippen molar-refractivity contribution in [2.24, 2.45) is 10.2 Å². The van der Waals surface area contributed by atoms with Crippen molar-refractivity contribution in [3.05, 3.63) is 89.0 Å². The average molecular weight is 326 g/mol. The highest BCUT2D eigenvalue weighted by Gasteiger charge is 2.24. The monoisotopic (exact) mass is 326 g/mol. The van der Waals surface area contributed by atoms with Crippen LogP contribution in [0.3, 0.4) is 0 Å². The van der Waals surface area contributed by atoms with Gasteiger partial charge in [-0.25, -0.2) is 0 Å². The zero-order chi connectivity index (χ0) is 17.2. The number of nitrogens with zero attached hydrogens (tertiary/aromatic N) is 2. The largest absolute Gasteiger partial charge is 0.497 e. The third kappa shape index (κ3) is 2.85. The molecule has 0 bridgehead atoms. The van der Waals surface area contributed by atoms with E-state index in [1.807, 2.05) is 30.3 Å². The first-order valence-corrected chi connectivity index (χ1v) is 8.22. The van der Waals surface area contributed by atoms with E-state index in [9.17, 15) is 0 Å². The van der Waals surface area contributed by atoms with Crippen molar-refractivity contribution in [3.8, 4) is 16.9 Å². The molecule has 0 aliphatic heterocycles. The molecule has 0 atom stereocenters. The van der Waals surface area contributed by atoms with Crippen molar-refractivity contribution in [1.82, 2.24) is 0 Å². The molecule has 0 saturated heterocycles. The van der Waals surface area contributed by atoms with Crippen molar-refractivity contribution in [3.63, 3.8) is 0 Å². The smallest absolute Gasteiger partial charge is 0.118 e. The first-order valence-electron chi connectivity index (χ1n) is 8.22. The predicted octanol–water partition coefficient (Wildman–Crippen LogP) is 4.86. The molecule has 3 aromatic carbocycles. The third-order valence-corrected chi connectivity index (χ3v) is 4.38. The summed E-state index contributed by atoms with van der Waals surface area (Å²) in [6.45, 7) is 2.11. The summed E-state index contributed by atoms with van der Waals surface area (Å²) in [5.41, 5.74) is 7.88. The van der Waals surface area contributed by atoms with Gasteiger partial charge < -0.3 is 4.74 Å². The SMILES string of the molecule is COc1ccc(/C=N/N=C2/c3ccccc3-c3cc(C)ccc32)cc1. The highest BCUT2D eigenvalue weighted by atomic mass is 16.5. The summed E-state index contributed by atoms with van der Waals surface area (Å²) in [6, 6.07) is 22.6. The molecular weight excluding hydrogens is 308 g/mol. The molecule has 3 heteroatoms. The normalized spacial score (nSPS) is 13.9. The van der Waals surface area contributed by atoms with Crippen LogP contribution < -0.4 is 4.74 Å². The van der Waals surface area contributed by atoms with Crippen LogP contribution >= 0.6 is 0 Å². The van der Waals surface area contributed by atoms with Gasteiger partial charge in [-0.15, -0.1) is 5.10 Å². The van der Waals surface area contributed by atoms with Crippen molar-refractivity contribution in [1.29, 1.82) is 0 Å². The maximum absolute atomic E-state index is 5.17. The Balaban J connectivity index is 1.72. The highest BCUT2D eigenvalue weighted by molar-refractivity contribution is 6.24. The number of hydrogen-bond donors (Lipinski definition) is 0. The van der Waals surface area contributed by atoms with E-state index in [-0.39, 0.29) is 0 Å². The molecule has 122 valence electrons. The molecule has 0 unspecified atom stereocenters. The third-order valence-electron chi connectivity index (χ3n) is 4.38. The zero-order valence-electron chi connectivity index (χ0n) is 14.2. The van der Waals surface area contributed by atoms with Crippen LogP contribution in [0.4, 0.5) is 0 Å². The number of ether oxygens (including phenoxy) is 1. The van der Waals surface area contributed by atoms with E-state index in [1.165, 1.54) is 16.7 Å². The fourth-order valence-corrected chi connectivity index (χ4v) is 3.11. The molecule has 4 rings (SSSR count). The molecule has 0 saturated carbocycles. The molecule has 25 heavy (non-hydrogen) atoms. The fraction of sp³-hybridized carbons (Fsp3) is 0.0909. The van der Waals surface area contributed by atoms with E-state index in [2.05, 4.69) is 53.5 Å². The topological polar surface area (TPSA) is 34.0 Å². The minimum absolute atomic E-state index is 0.831. The van der Waals surface area contributed by atoms with Crippen LogP contribution in [-0.2, 0) is 0 Å². The van der Waals surface area contributed by atoms with Gasteiger partial charge in [-0.1, -0.05) is 48.0 Å². The molecule has 0 amide bonds. The summed E-state index contributed by atoms with van der Waals surface area (Å²) in [7, 11) is 1.66. The lowest BCUT2D eigenvalue weighted by atomic mass is 10.0. The minimum atomic E-state index is 0.831. The van der Waals surface area contributed by atoms with Gasteiger partial charge in [0.05, 0.1) is 13.3 Å². The van der Waals surface area contributed by atoms with Crippen LogP contribution in [0.1, 0.15) is 22.3 Å². The Morgan fingerprint density at radius 3 is 2.28 bits per heavy atom. The molecule has 0 spiro atoms. The number of fused-ring (bicyclic) bond motifs is 3. The molecule has 1 aliphatic rings. The Kier molecular flexibility index (Phi) is 3.90. The van der Waals surface area contributed by atoms with Gasteiger partial charge in [-0.3, -0.25) is 0 Å². The quantitative estimate of drug-likeness (QED) is 0.391. The molecule has 0 aromatic heterocycles. The van der Waals surface area contributed by atoms with Gasteiger partial charge in [-0.2, -0.15) is 5.10 Å². The Bertz CT molecular complexity index is 985. The van der Waals surface area contributed by atoms with E-state index in [0.717, 1.165) is 28.2 Å². The Hall–Kier alpha value is -3.20. The van der Waals surface area contributed by atoms with Crippen molar-refractivity contribution >= 4 is 11.9 Å². The average Bonchev–Trinajstić information content (AvgIpc) is 2.96. The summed E-state index contributed by atoms with van der Waals surface area (Å²) in [5.74, 6) is 0.831. The van der Waals surface area contributed by atoms with Crippen molar-refractivity contribution in [2.75, 3.05) is 7.11 Å². The molecule has 1 aliphatic carbocycles. The van der Waals surface area contributed by atoms with Gasteiger partial charge in [-0.05, 0) is 47.9 Å². The highest BCUT2D eigenvalue weighted by Crippen LogP contribution is 2.37. The van der Waals surface area contributed by atoms with E-state index < -0.39 is 0 Å². The maximum Gasteiger partial charge on any atom is 0.118 e. The van der Waals surface area contributed by atoms with Crippen molar-refractivity contribution in [2.45, 2.75) is 6.92 Å². The summed E-state index contributed by atoms with van der Waals surface area (Å²) >= 11 is 0. The second kappa shape index (κ2) is 6.36. The summed E-state index contributed by atoms with van der Waals surface area (Å²) in [6.07, 6.45) is 1.77. The summed E-state index contributed by atoms with van der Waals surface area (Å²) < 4.78 is 5.17. The second-order valence-electron chi connectivity index (χ2n) is 6.06. The van der Waals surface area contributed by atoms with Gasteiger partial charge in [0.15, 0.2) is 0 Å². The standard InChI is InChI=1S/C22H18N2O/c1-15-7-12-20-21(13-15)18-5-3-4-6-19(18)22(20)24-23-14-16-8-10-17(25-2)11-9-16/h3-14H,1-2H3/b23-14+,24-22-. The molecule has 3 aromatic rings. The molecule has 0 fully saturated rings. The summed E-state index contributed by atoms with van der Waals surface area (Å²) in [4.78, 5) is 0. The van der Waals surface area contributed by atoms with E-state index in [0.29, 0.717) is 0 Å². The van der Waals surface area contributed by atoms with Gasteiger partial charge in [0.25, 0.3) is 0 Å². The molecule has 0 heterocycles.